The van der Waals surface area contributed by atoms with Gasteiger partial charge in [-0.1, -0.05) is 6.07 Å². The van der Waals surface area contributed by atoms with E-state index in [4.69, 9.17) is 10.5 Å². The number of ether oxygens (including phenoxy) is 1. The number of amides is 1. The Hall–Kier alpha value is -1.59. The highest BCUT2D eigenvalue weighted by Gasteiger charge is 2.10. The van der Waals surface area contributed by atoms with E-state index < -0.39 is 0 Å². The molecule has 0 spiro atoms. The van der Waals surface area contributed by atoms with Gasteiger partial charge in [-0.3, -0.25) is 4.79 Å². The molecular weight excluding hydrogens is 266 g/mol. The minimum atomic E-state index is 0.0507. The van der Waals surface area contributed by atoms with Crippen LogP contribution in [-0.4, -0.2) is 43.7 Å². The molecule has 1 saturated heterocycles. The molecule has 1 amide bonds. The van der Waals surface area contributed by atoms with Crippen LogP contribution >= 0.6 is 0 Å². The van der Waals surface area contributed by atoms with Crippen LogP contribution in [0.25, 0.3) is 0 Å². The second-order valence-electron chi connectivity index (χ2n) is 5.48. The van der Waals surface area contributed by atoms with Gasteiger partial charge >= 0.3 is 0 Å². The highest BCUT2D eigenvalue weighted by molar-refractivity contribution is 5.92. The lowest BCUT2D eigenvalue weighted by atomic mass is 10.1. The van der Waals surface area contributed by atoms with Crippen LogP contribution in [-0.2, 0) is 9.53 Å². The van der Waals surface area contributed by atoms with Crippen molar-refractivity contribution in [2.75, 3.05) is 43.9 Å². The van der Waals surface area contributed by atoms with Crippen molar-refractivity contribution >= 4 is 17.3 Å². The van der Waals surface area contributed by atoms with Crippen molar-refractivity contribution in [3.05, 3.63) is 23.8 Å². The molecule has 0 aromatic heterocycles. The Balaban J connectivity index is 1.73. The molecule has 1 heterocycles. The predicted octanol–water partition coefficient (Wildman–Crippen LogP) is 2.02. The maximum absolute atomic E-state index is 12.0. The quantitative estimate of drug-likeness (QED) is 0.814. The van der Waals surface area contributed by atoms with E-state index in [1.807, 2.05) is 25.1 Å². The van der Waals surface area contributed by atoms with Gasteiger partial charge in [0.1, 0.15) is 0 Å². The molecule has 0 atom stereocenters. The maximum atomic E-state index is 12.0. The second kappa shape index (κ2) is 8.00. The zero-order valence-electron chi connectivity index (χ0n) is 12.7. The molecule has 21 heavy (non-hydrogen) atoms. The summed E-state index contributed by atoms with van der Waals surface area (Å²) in [5, 5.41) is 2.94. The number of nitrogens with zero attached hydrogens (tertiary/aromatic N) is 1. The second-order valence-corrected chi connectivity index (χ2v) is 5.48. The summed E-state index contributed by atoms with van der Waals surface area (Å²) in [6, 6.07) is 5.58. The van der Waals surface area contributed by atoms with Crippen molar-refractivity contribution in [1.29, 1.82) is 0 Å². The molecule has 1 fully saturated rings. The lowest BCUT2D eigenvalue weighted by Gasteiger charge is -2.18. The predicted molar refractivity (Wildman–Crippen MR) is 85.3 cm³/mol. The summed E-state index contributed by atoms with van der Waals surface area (Å²) in [6.07, 6.45) is 2.48. The van der Waals surface area contributed by atoms with Crippen molar-refractivity contribution < 1.29 is 9.53 Å². The van der Waals surface area contributed by atoms with Gasteiger partial charge in [0.05, 0.1) is 6.61 Å². The molecule has 2 rings (SSSR count). The third kappa shape index (κ3) is 5.02. The summed E-state index contributed by atoms with van der Waals surface area (Å²) in [4.78, 5) is 14.4. The van der Waals surface area contributed by atoms with E-state index in [1.165, 1.54) is 0 Å². The fourth-order valence-electron chi connectivity index (χ4n) is 2.49. The largest absolute Gasteiger partial charge is 0.398 e. The first-order valence-electron chi connectivity index (χ1n) is 7.62. The zero-order chi connectivity index (χ0) is 15.1. The molecule has 3 N–H and O–H groups in total. The number of anilines is 2. The molecular formula is C16H25N3O2. The molecule has 0 aliphatic carbocycles. The fourth-order valence-corrected chi connectivity index (χ4v) is 2.49. The Morgan fingerprint density at radius 2 is 2.24 bits per heavy atom. The number of carbonyl (C=O) groups excluding carboxylic acids is 1. The monoisotopic (exact) mass is 291 g/mol. The summed E-state index contributed by atoms with van der Waals surface area (Å²) < 4.78 is 5.42. The van der Waals surface area contributed by atoms with Gasteiger partial charge < -0.3 is 20.7 Å². The standard InChI is InChI=1S/C16H25N3O2/c1-13-14(17)5-2-6-15(13)18-16(20)7-3-8-19-9-4-11-21-12-10-19/h2,5-6H,3-4,7-12,17H2,1H3,(H,18,20). The molecule has 0 saturated carbocycles. The van der Waals surface area contributed by atoms with Crippen LogP contribution in [0.5, 0.6) is 0 Å². The molecule has 1 aromatic carbocycles. The van der Waals surface area contributed by atoms with E-state index in [0.717, 1.165) is 56.9 Å². The third-order valence-electron chi connectivity index (χ3n) is 3.84. The van der Waals surface area contributed by atoms with Gasteiger partial charge in [0.25, 0.3) is 0 Å². The molecule has 0 bridgehead atoms. The first-order valence-corrected chi connectivity index (χ1v) is 7.62. The summed E-state index contributed by atoms with van der Waals surface area (Å²) in [5.74, 6) is 0.0507. The summed E-state index contributed by atoms with van der Waals surface area (Å²) in [6.45, 7) is 6.56. The van der Waals surface area contributed by atoms with Crippen LogP contribution < -0.4 is 11.1 Å². The Bertz CT molecular complexity index is 469. The lowest BCUT2D eigenvalue weighted by molar-refractivity contribution is -0.116. The number of nitrogens with two attached hydrogens (primary N) is 1. The molecule has 5 nitrogen and oxygen atoms in total. The lowest BCUT2D eigenvalue weighted by Crippen LogP contribution is -2.28. The van der Waals surface area contributed by atoms with E-state index in [9.17, 15) is 4.79 Å². The number of hydrogen-bond donors (Lipinski definition) is 2. The molecule has 116 valence electrons. The number of nitrogen functional groups attached to an aromatic ring is 1. The molecule has 1 aromatic rings. The van der Waals surface area contributed by atoms with E-state index in [2.05, 4.69) is 10.2 Å². The number of benzene rings is 1. The van der Waals surface area contributed by atoms with Crippen molar-refractivity contribution in [1.82, 2.24) is 4.90 Å². The fraction of sp³-hybridized carbons (Fsp3) is 0.562. The normalized spacial score (nSPS) is 16.4. The van der Waals surface area contributed by atoms with Crippen LogP contribution in [0.3, 0.4) is 0 Å². The first kappa shape index (κ1) is 15.8. The summed E-state index contributed by atoms with van der Waals surface area (Å²) in [7, 11) is 0. The topological polar surface area (TPSA) is 67.6 Å². The number of nitrogens with one attached hydrogen (secondary N) is 1. The van der Waals surface area contributed by atoms with Crippen LogP contribution in [0.2, 0.25) is 0 Å². The molecule has 1 aliphatic rings. The molecule has 0 unspecified atom stereocenters. The van der Waals surface area contributed by atoms with E-state index in [1.54, 1.807) is 0 Å². The number of hydrogen-bond acceptors (Lipinski definition) is 4. The van der Waals surface area contributed by atoms with Gasteiger partial charge in [-0.05, 0) is 44.0 Å². The van der Waals surface area contributed by atoms with Crippen molar-refractivity contribution in [2.45, 2.75) is 26.2 Å². The zero-order valence-corrected chi connectivity index (χ0v) is 12.7. The SMILES string of the molecule is Cc1c(N)cccc1NC(=O)CCCN1CCCOCC1. The number of rotatable bonds is 5. The minimum absolute atomic E-state index is 0.0507. The van der Waals surface area contributed by atoms with Crippen LogP contribution in [0, 0.1) is 6.92 Å². The van der Waals surface area contributed by atoms with Gasteiger partial charge in [-0.2, -0.15) is 0 Å². The van der Waals surface area contributed by atoms with E-state index in [0.29, 0.717) is 12.1 Å². The minimum Gasteiger partial charge on any atom is -0.398 e. The van der Waals surface area contributed by atoms with Crippen LogP contribution in [0.4, 0.5) is 11.4 Å². The first-order chi connectivity index (χ1) is 10.2. The van der Waals surface area contributed by atoms with Gasteiger partial charge in [0.2, 0.25) is 5.91 Å². The Morgan fingerprint density at radius 1 is 1.38 bits per heavy atom. The van der Waals surface area contributed by atoms with Crippen LogP contribution in [0.1, 0.15) is 24.8 Å². The van der Waals surface area contributed by atoms with Crippen molar-refractivity contribution in [2.24, 2.45) is 0 Å². The molecule has 1 aliphatic heterocycles. The molecule has 5 heteroatoms. The summed E-state index contributed by atoms with van der Waals surface area (Å²) >= 11 is 0. The third-order valence-corrected chi connectivity index (χ3v) is 3.84. The van der Waals surface area contributed by atoms with Gasteiger partial charge in [0.15, 0.2) is 0 Å². The van der Waals surface area contributed by atoms with Crippen molar-refractivity contribution in [3.63, 3.8) is 0 Å². The van der Waals surface area contributed by atoms with E-state index in [-0.39, 0.29) is 5.91 Å². The summed E-state index contributed by atoms with van der Waals surface area (Å²) in [5.41, 5.74) is 8.28. The number of carbonyl (C=O) groups is 1. The Labute approximate surface area is 126 Å². The van der Waals surface area contributed by atoms with E-state index >= 15 is 0 Å². The van der Waals surface area contributed by atoms with Gasteiger partial charge in [-0.15, -0.1) is 0 Å². The van der Waals surface area contributed by atoms with Gasteiger partial charge in [-0.25, -0.2) is 0 Å². The Morgan fingerprint density at radius 3 is 3.10 bits per heavy atom. The molecule has 0 radical (unpaired) electrons. The average molecular weight is 291 g/mol. The average Bonchev–Trinajstić information content (AvgIpc) is 2.73. The maximum Gasteiger partial charge on any atom is 0.224 e. The van der Waals surface area contributed by atoms with Gasteiger partial charge in [0, 0.05) is 37.5 Å². The highest BCUT2D eigenvalue weighted by Crippen LogP contribution is 2.20. The Kier molecular flexibility index (Phi) is 6.02. The highest BCUT2D eigenvalue weighted by atomic mass is 16.5. The smallest absolute Gasteiger partial charge is 0.224 e. The van der Waals surface area contributed by atoms with Crippen LogP contribution in [0.15, 0.2) is 18.2 Å². The van der Waals surface area contributed by atoms with Crippen molar-refractivity contribution in [3.8, 4) is 0 Å².